The Morgan fingerprint density at radius 2 is 2.16 bits per heavy atom. The summed E-state index contributed by atoms with van der Waals surface area (Å²) in [6.07, 6.45) is 6.90. The van der Waals surface area contributed by atoms with Crippen molar-refractivity contribution in [2.45, 2.75) is 30.6 Å². The summed E-state index contributed by atoms with van der Waals surface area (Å²) in [4.78, 5) is 4.22. The first kappa shape index (κ1) is 17.9. The lowest BCUT2D eigenvalue weighted by Crippen LogP contribution is -2.40. The molecule has 0 bridgehead atoms. The Balaban J connectivity index is 1.63. The molecule has 0 N–H and O–H groups in total. The smallest absolute Gasteiger partial charge is 0.244 e. The first-order chi connectivity index (χ1) is 12.1. The molecule has 0 spiro atoms. The lowest BCUT2D eigenvalue weighted by atomic mass is 9.93. The summed E-state index contributed by atoms with van der Waals surface area (Å²) in [5.41, 5.74) is 1.23. The fraction of sp³-hybridized carbons (Fsp3) is 0.421. The minimum Gasteiger partial charge on any atom is -0.497 e. The molecule has 1 aromatic carbocycles. The summed E-state index contributed by atoms with van der Waals surface area (Å²) < 4.78 is 32.4. The summed E-state index contributed by atoms with van der Waals surface area (Å²) in [6, 6.07) is 11.3. The molecule has 2 heterocycles. The molecule has 0 saturated carbocycles. The molecule has 2 aromatic rings. The number of benzene rings is 1. The molecular weight excluding hydrogens is 336 g/mol. The van der Waals surface area contributed by atoms with Crippen molar-refractivity contribution in [3.05, 3.63) is 54.4 Å². The molecule has 3 rings (SSSR count). The van der Waals surface area contributed by atoms with E-state index >= 15 is 0 Å². The first-order valence-corrected chi connectivity index (χ1v) is 10.1. The maximum Gasteiger partial charge on any atom is 0.244 e. The standard InChI is InChI=1S/C19H24N2O3S/c1-24-18-7-2-5-16(13-18)9-10-17-6-4-12-21(15-17)25(22,23)19-8-3-11-20-14-19/h2-3,5,7-8,11,13-14,17H,4,6,9-10,12,15H2,1H3/t17-/m1/s1. The van der Waals surface area contributed by atoms with Crippen LogP contribution in [-0.2, 0) is 16.4 Å². The SMILES string of the molecule is COc1cccc(CC[C@H]2CCCN(S(=O)(=O)c3cccnc3)C2)c1. The molecule has 1 atom stereocenters. The quantitative estimate of drug-likeness (QED) is 0.794. The summed E-state index contributed by atoms with van der Waals surface area (Å²) in [7, 11) is -1.77. The Morgan fingerprint density at radius 3 is 2.92 bits per heavy atom. The van der Waals surface area contributed by atoms with Crippen molar-refractivity contribution in [2.75, 3.05) is 20.2 Å². The van der Waals surface area contributed by atoms with Crippen LogP contribution in [0.3, 0.4) is 0 Å². The Hall–Kier alpha value is -1.92. The molecule has 1 saturated heterocycles. The van der Waals surface area contributed by atoms with Crippen LogP contribution in [0.4, 0.5) is 0 Å². The highest BCUT2D eigenvalue weighted by Gasteiger charge is 2.30. The maximum atomic E-state index is 12.8. The topological polar surface area (TPSA) is 59.5 Å². The number of pyridine rings is 1. The summed E-state index contributed by atoms with van der Waals surface area (Å²) >= 11 is 0. The molecule has 134 valence electrons. The number of hydrogen-bond acceptors (Lipinski definition) is 4. The van der Waals surface area contributed by atoms with Crippen molar-refractivity contribution in [1.29, 1.82) is 0 Å². The van der Waals surface area contributed by atoms with Gasteiger partial charge < -0.3 is 4.74 Å². The van der Waals surface area contributed by atoms with E-state index in [1.54, 1.807) is 29.7 Å². The van der Waals surface area contributed by atoms with Gasteiger partial charge in [-0.3, -0.25) is 4.98 Å². The third-order valence-electron chi connectivity index (χ3n) is 4.73. The van der Waals surface area contributed by atoms with Crippen molar-refractivity contribution in [2.24, 2.45) is 5.92 Å². The summed E-state index contributed by atoms with van der Waals surface area (Å²) in [5, 5.41) is 0. The van der Waals surface area contributed by atoms with Gasteiger partial charge in [-0.1, -0.05) is 12.1 Å². The Bertz CT molecular complexity index is 793. The molecule has 1 aliphatic rings. The molecule has 25 heavy (non-hydrogen) atoms. The molecule has 0 radical (unpaired) electrons. The van der Waals surface area contributed by atoms with E-state index in [2.05, 4.69) is 11.1 Å². The largest absolute Gasteiger partial charge is 0.497 e. The number of methoxy groups -OCH3 is 1. The van der Waals surface area contributed by atoms with Gasteiger partial charge in [0, 0.05) is 25.5 Å². The molecule has 1 fully saturated rings. The van der Waals surface area contributed by atoms with Crippen molar-refractivity contribution >= 4 is 10.0 Å². The zero-order valence-electron chi connectivity index (χ0n) is 14.5. The predicted molar refractivity (Wildman–Crippen MR) is 97.0 cm³/mol. The van der Waals surface area contributed by atoms with Gasteiger partial charge in [0.1, 0.15) is 10.6 Å². The number of nitrogens with zero attached hydrogens (tertiary/aromatic N) is 2. The van der Waals surface area contributed by atoms with Crippen molar-refractivity contribution in [1.82, 2.24) is 9.29 Å². The Labute approximate surface area is 149 Å². The first-order valence-electron chi connectivity index (χ1n) is 8.62. The Kier molecular flexibility index (Phi) is 5.71. The molecular formula is C19H24N2O3S. The van der Waals surface area contributed by atoms with E-state index in [0.717, 1.165) is 31.4 Å². The van der Waals surface area contributed by atoms with Crippen molar-refractivity contribution in [3.63, 3.8) is 0 Å². The van der Waals surface area contributed by atoms with Gasteiger partial charge in [-0.25, -0.2) is 8.42 Å². The van der Waals surface area contributed by atoms with Crippen LogP contribution in [0.2, 0.25) is 0 Å². The van der Waals surface area contributed by atoms with Crippen LogP contribution in [0.25, 0.3) is 0 Å². The van der Waals surface area contributed by atoms with E-state index in [1.807, 2.05) is 18.2 Å². The highest BCUT2D eigenvalue weighted by atomic mass is 32.2. The van der Waals surface area contributed by atoms with Crippen LogP contribution >= 0.6 is 0 Å². The molecule has 0 unspecified atom stereocenters. The minimum absolute atomic E-state index is 0.281. The number of aryl methyl sites for hydroxylation is 1. The van der Waals surface area contributed by atoms with Crippen LogP contribution in [-0.4, -0.2) is 37.9 Å². The van der Waals surface area contributed by atoms with E-state index in [1.165, 1.54) is 11.8 Å². The number of piperidine rings is 1. The normalized spacial score (nSPS) is 18.8. The van der Waals surface area contributed by atoms with E-state index in [9.17, 15) is 8.42 Å². The van der Waals surface area contributed by atoms with Gasteiger partial charge in [0.05, 0.1) is 7.11 Å². The highest BCUT2D eigenvalue weighted by molar-refractivity contribution is 7.89. The van der Waals surface area contributed by atoms with E-state index < -0.39 is 10.0 Å². The third kappa shape index (κ3) is 4.38. The zero-order chi connectivity index (χ0) is 17.7. The van der Waals surface area contributed by atoms with Gasteiger partial charge in [-0.05, 0) is 61.4 Å². The summed E-state index contributed by atoms with van der Waals surface area (Å²) in [5.74, 6) is 1.24. The number of hydrogen-bond donors (Lipinski definition) is 0. The van der Waals surface area contributed by atoms with Gasteiger partial charge >= 0.3 is 0 Å². The predicted octanol–water partition coefficient (Wildman–Crippen LogP) is 3.12. The number of ether oxygens (including phenoxy) is 1. The Morgan fingerprint density at radius 1 is 1.28 bits per heavy atom. The van der Waals surface area contributed by atoms with E-state index in [0.29, 0.717) is 19.0 Å². The fourth-order valence-corrected chi connectivity index (χ4v) is 4.85. The van der Waals surface area contributed by atoms with Gasteiger partial charge in [-0.2, -0.15) is 4.31 Å². The second-order valence-corrected chi connectivity index (χ2v) is 8.39. The molecule has 0 amide bonds. The zero-order valence-corrected chi connectivity index (χ0v) is 15.3. The van der Waals surface area contributed by atoms with Crippen molar-refractivity contribution < 1.29 is 13.2 Å². The van der Waals surface area contributed by atoms with Crippen LogP contribution in [0.1, 0.15) is 24.8 Å². The molecule has 1 aliphatic heterocycles. The monoisotopic (exact) mass is 360 g/mol. The molecule has 5 nitrogen and oxygen atoms in total. The number of rotatable bonds is 6. The van der Waals surface area contributed by atoms with Crippen LogP contribution < -0.4 is 4.74 Å². The number of aromatic nitrogens is 1. The molecule has 6 heteroatoms. The van der Waals surface area contributed by atoms with E-state index in [4.69, 9.17) is 4.74 Å². The second-order valence-electron chi connectivity index (χ2n) is 6.45. The van der Waals surface area contributed by atoms with Crippen molar-refractivity contribution in [3.8, 4) is 5.75 Å². The minimum atomic E-state index is -3.44. The third-order valence-corrected chi connectivity index (χ3v) is 6.58. The van der Waals surface area contributed by atoms with Crippen LogP contribution in [0, 0.1) is 5.92 Å². The fourth-order valence-electron chi connectivity index (χ4n) is 3.33. The molecule has 1 aromatic heterocycles. The number of sulfonamides is 1. The summed E-state index contributed by atoms with van der Waals surface area (Å²) in [6.45, 7) is 1.17. The van der Waals surface area contributed by atoms with Gasteiger partial charge in [0.2, 0.25) is 10.0 Å². The lowest BCUT2D eigenvalue weighted by Gasteiger charge is -2.32. The second kappa shape index (κ2) is 7.97. The van der Waals surface area contributed by atoms with E-state index in [-0.39, 0.29) is 4.90 Å². The van der Waals surface area contributed by atoms with Gasteiger partial charge in [-0.15, -0.1) is 0 Å². The van der Waals surface area contributed by atoms with Crippen LogP contribution in [0.15, 0.2) is 53.7 Å². The van der Waals surface area contributed by atoms with Crippen LogP contribution in [0.5, 0.6) is 5.75 Å². The maximum absolute atomic E-state index is 12.8. The highest BCUT2D eigenvalue weighted by Crippen LogP contribution is 2.26. The average molecular weight is 360 g/mol. The lowest BCUT2D eigenvalue weighted by molar-refractivity contribution is 0.256. The van der Waals surface area contributed by atoms with Gasteiger partial charge in [0.25, 0.3) is 0 Å². The average Bonchev–Trinajstić information content (AvgIpc) is 2.67. The molecule has 0 aliphatic carbocycles. The van der Waals surface area contributed by atoms with Gasteiger partial charge in [0.15, 0.2) is 0 Å².